The van der Waals surface area contributed by atoms with Gasteiger partial charge in [-0.2, -0.15) is 0 Å². The van der Waals surface area contributed by atoms with Gasteiger partial charge in [-0.1, -0.05) is 63.3 Å². The molecule has 0 unspecified atom stereocenters. The molecule has 6 nitrogen and oxygen atoms in total. The molecular formula is C24H43N2NaO4. The van der Waals surface area contributed by atoms with Crippen LogP contribution in [0.4, 0.5) is 0 Å². The molecule has 2 N–H and O–H groups in total. The molecule has 31 heavy (non-hydrogen) atoms. The van der Waals surface area contributed by atoms with Crippen LogP contribution in [0.5, 0.6) is 0 Å². The molecule has 0 bridgehead atoms. The second-order valence-electron chi connectivity index (χ2n) is 7.70. The summed E-state index contributed by atoms with van der Waals surface area (Å²) >= 11 is 0. The molecule has 0 fully saturated rings. The van der Waals surface area contributed by atoms with Crippen LogP contribution in [0.3, 0.4) is 0 Å². The van der Waals surface area contributed by atoms with E-state index >= 15 is 0 Å². The van der Waals surface area contributed by atoms with Crippen molar-refractivity contribution in [3.05, 3.63) is 24.3 Å². The first kappa shape index (κ1) is 32.5. The summed E-state index contributed by atoms with van der Waals surface area (Å²) in [5.74, 6) is -1.18. The molecule has 0 saturated heterocycles. The number of aliphatic hydroxyl groups excluding tert-OH is 1. The molecule has 0 aromatic heterocycles. The van der Waals surface area contributed by atoms with Gasteiger partial charge in [-0.25, -0.2) is 0 Å². The van der Waals surface area contributed by atoms with Gasteiger partial charge in [-0.15, -0.1) is 0 Å². The van der Waals surface area contributed by atoms with E-state index in [1.807, 2.05) is 0 Å². The fourth-order valence-corrected chi connectivity index (χ4v) is 3.13. The van der Waals surface area contributed by atoms with Gasteiger partial charge in [-0.3, -0.25) is 9.69 Å². The Kier molecular flexibility index (Phi) is 26.9. The molecule has 0 aliphatic heterocycles. The van der Waals surface area contributed by atoms with Crippen LogP contribution in [0.1, 0.15) is 84.0 Å². The predicted octanol–water partition coefficient (Wildman–Crippen LogP) is -0.0357. The zero-order valence-corrected chi connectivity index (χ0v) is 21.9. The summed E-state index contributed by atoms with van der Waals surface area (Å²) in [7, 11) is 0. The number of carboxylic acid groups (broad SMARTS) is 1. The summed E-state index contributed by atoms with van der Waals surface area (Å²) in [6.07, 6.45) is 22.3. The molecule has 1 amide bonds. The number of nitrogens with one attached hydrogen (secondary N) is 1. The summed E-state index contributed by atoms with van der Waals surface area (Å²) in [5.41, 5.74) is 0. The topological polar surface area (TPSA) is 92.7 Å². The number of allylic oxidation sites excluding steroid dienone is 4. The Morgan fingerprint density at radius 2 is 1.52 bits per heavy atom. The number of hydrogen-bond donors (Lipinski definition) is 2. The Bertz CT molecular complexity index is 484. The Balaban J connectivity index is 0. The van der Waals surface area contributed by atoms with Gasteiger partial charge in [0, 0.05) is 32.6 Å². The van der Waals surface area contributed by atoms with E-state index in [1.165, 1.54) is 38.5 Å². The van der Waals surface area contributed by atoms with Gasteiger partial charge >= 0.3 is 29.6 Å². The van der Waals surface area contributed by atoms with Crippen LogP contribution in [0, 0.1) is 0 Å². The molecule has 0 aromatic rings. The van der Waals surface area contributed by atoms with Crippen LogP contribution in [-0.4, -0.2) is 54.7 Å². The Morgan fingerprint density at radius 1 is 0.903 bits per heavy atom. The third-order valence-electron chi connectivity index (χ3n) is 4.87. The first-order valence-corrected chi connectivity index (χ1v) is 11.7. The van der Waals surface area contributed by atoms with E-state index in [2.05, 4.69) is 36.5 Å². The number of carbonyl (C=O) groups excluding carboxylic acids is 2. The first-order chi connectivity index (χ1) is 14.6. The molecule has 0 aliphatic rings. The molecule has 0 aliphatic carbocycles. The summed E-state index contributed by atoms with van der Waals surface area (Å²) < 4.78 is 0. The van der Waals surface area contributed by atoms with Crippen molar-refractivity contribution >= 4 is 11.9 Å². The van der Waals surface area contributed by atoms with Crippen molar-refractivity contribution in [1.82, 2.24) is 10.2 Å². The number of carbonyl (C=O) groups is 2. The van der Waals surface area contributed by atoms with Gasteiger partial charge in [-0.05, 0) is 38.5 Å². The van der Waals surface area contributed by atoms with Crippen LogP contribution >= 0.6 is 0 Å². The largest absolute Gasteiger partial charge is 1.00 e. The molecule has 0 radical (unpaired) electrons. The standard InChI is InChI=1S/C24H44N2O4.Na/c1-2-3-4-5-6-7-8-9-10-11-12-13-14-15-16-17-23(28)25-18-19-26(20-21-27)22-24(29)30;/h6-7,9-10,27H,2-5,8,11-22H2,1H3,(H,25,28)(H,29,30);/q;+1/p-1/b7-6-,10-9-;. The summed E-state index contributed by atoms with van der Waals surface area (Å²) in [6.45, 7) is 2.91. The summed E-state index contributed by atoms with van der Waals surface area (Å²) in [4.78, 5) is 24.0. The van der Waals surface area contributed by atoms with Gasteiger partial charge in [0.05, 0.1) is 12.6 Å². The Labute approximate surface area is 211 Å². The van der Waals surface area contributed by atoms with E-state index in [0.717, 1.165) is 32.1 Å². The quantitative estimate of drug-likeness (QED) is 0.147. The van der Waals surface area contributed by atoms with Gasteiger partial charge in [0.25, 0.3) is 0 Å². The van der Waals surface area contributed by atoms with Crippen molar-refractivity contribution in [2.45, 2.75) is 84.0 Å². The van der Waals surface area contributed by atoms with Crippen molar-refractivity contribution < 1.29 is 49.4 Å². The summed E-state index contributed by atoms with van der Waals surface area (Å²) in [6, 6.07) is 0. The minimum atomic E-state index is -1.18. The molecular weight excluding hydrogens is 403 g/mol. The minimum absolute atomic E-state index is 0. The van der Waals surface area contributed by atoms with E-state index in [4.69, 9.17) is 5.11 Å². The predicted molar refractivity (Wildman–Crippen MR) is 121 cm³/mol. The second-order valence-corrected chi connectivity index (χ2v) is 7.70. The minimum Gasteiger partial charge on any atom is -0.549 e. The van der Waals surface area contributed by atoms with Crippen LogP contribution in [-0.2, 0) is 9.59 Å². The number of unbranched alkanes of at least 4 members (excludes halogenated alkanes) is 8. The van der Waals surface area contributed by atoms with Crippen molar-refractivity contribution in [3.8, 4) is 0 Å². The number of amides is 1. The van der Waals surface area contributed by atoms with E-state index in [0.29, 0.717) is 19.5 Å². The monoisotopic (exact) mass is 446 g/mol. The zero-order chi connectivity index (χ0) is 22.3. The normalized spacial score (nSPS) is 11.3. The van der Waals surface area contributed by atoms with Crippen LogP contribution in [0.2, 0.25) is 0 Å². The SMILES string of the molecule is CCCCC/C=C\C/C=C\CCCCCCCC(=O)NCCN(CCO)CC(=O)[O-].[Na+]. The number of hydrogen-bond acceptors (Lipinski definition) is 5. The van der Waals surface area contributed by atoms with Gasteiger partial charge in [0.15, 0.2) is 0 Å². The van der Waals surface area contributed by atoms with Crippen molar-refractivity contribution in [1.29, 1.82) is 0 Å². The van der Waals surface area contributed by atoms with Crippen LogP contribution in [0.15, 0.2) is 24.3 Å². The molecule has 7 heteroatoms. The molecule has 0 atom stereocenters. The molecule has 0 aromatic carbocycles. The maximum absolute atomic E-state index is 11.8. The van der Waals surface area contributed by atoms with E-state index in [1.54, 1.807) is 4.90 Å². The van der Waals surface area contributed by atoms with E-state index in [-0.39, 0.29) is 55.2 Å². The van der Waals surface area contributed by atoms with Gasteiger partial charge in [0.1, 0.15) is 0 Å². The Morgan fingerprint density at radius 3 is 2.13 bits per heavy atom. The van der Waals surface area contributed by atoms with Gasteiger partial charge < -0.3 is 20.3 Å². The number of nitrogens with zero attached hydrogens (tertiary/aromatic N) is 1. The maximum Gasteiger partial charge on any atom is 1.00 e. The number of carboxylic acids is 1. The fourth-order valence-electron chi connectivity index (χ4n) is 3.13. The van der Waals surface area contributed by atoms with Crippen molar-refractivity contribution in [2.24, 2.45) is 0 Å². The number of aliphatic carboxylic acids is 1. The average molecular weight is 447 g/mol. The van der Waals surface area contributed by atoms with E-state index in [9.17, 15) is 14.7 Å². The number of aliphatic hydroxyl groups is 1. The zero-order valence-electron chi connectivity index (χ0n) is 19.9. The maximum atomic E-state index is 11.8. The fraction of sp³-hybridized carbons (Fsp3) is 0.750. The van der Waals surface area contributed by atoms with Crippen molar-refractivity contribution in [2.75, 3.05) is 32.8 Å². The van der Waals surface area contributed by atoms with Crippen molar-refractivity contribution in [3.63, 3.8) is 0 Å². The molecule has 0 heterocycles. The van der Waals surface area contributed by atoms with Crippen LogP contribution in [0.25, 0.3) is 0 Å². The van der Waals surface area contributed by atoms with Crippen LogP contribution < -0.4 is 40.0 Å². The number of rotatable bonds is 21. The average Bonchev–Trinajstić information content (AvgIpc) is 2.70. The smallest absolute Gasteiger partial charge is 0.549 e. The molecule has 0 spiro atoms. The Hall–Kier alpha value is -0.660. The van der Waals surface area contributed by atoms with Gasteiger partial charge in [0.2, 0.25) is 5.91 Å². The summed E-state index contributed by atoms with van der Waals surface area (Å²) in [5, 5.41) is 22.3. The first-order valence-electron chi connectivity index (χ1n) is 11.7. The third kappa shape index (κ3) is 25.5. The molecule has 0 rings (SSSR count). The van der Waals surface area contributed by atoms with E-state index < -0.39 is 5.97 Å². The second kappa shape index (κ2) is 25.6. The molecule has 0 saturated carbocycles. The third-order valence-corrected chi connectivity index (χ3v) is 4.87. The molecule has 174 valence electrons.